The Labute approximate surface area is 159 Å². The fourth-order valence-electron chi connectivity index (χ4n) is 3.13. The van der Waals surface area contributed by atoms with Gasteiger partial charge < -0.3 is 19.3 Å². The molecular formula is C21H24N2O4. The zero-order valence-corrected chi connectivity index (χ0v) is 15.7. The topological polar surface area (TPSA) is 59.1 Å². The molecule has 0 spiro atoms. The Bertz CT molecular complexity index is 814. The molecule has 1 amide bonds. The monoisotopic (exact) mass is 368 g/mol. The summed E-state index contributed by atoms with van der Waals surface area (Å²) < 4.78 is 10.8. The summed E-state index contributed by atoms with van der Waals surface area (Å²) in [5.41, 5.74) is 2.76. The second-order valence-corrected chi connectivity index (χ2v) is 6.49. The van der Waals surface area contributed by atoms with Crippen molar-refractivity contribution in [2.24, 2.45) is 0 Å². The first-order valence-corrected chi connectivity index (χ1v) is 8.96. The Balaban J connectivity index is 1.51. The molecule has 1 saturated heterocycles. The molecule has 0 N–H and O–H groups in total. The molecule has 2 aromatic rings. The van der Waals surface area contributed by atoms with Crippen LogP contribution in [-0.4, -0.2) is 57.0 Å². The minimum absolute atomic E-state index is 0.0142. The van der Waals surface area contributed by atoms with E-state index in [0.29, 0.717) is 30.2 Å². The van der Waals surface area contributed by atoms with E-state index in [2.05, 4.69) is 4.90 Å². The van der Waals surface area contributed by atoms with Crippen molar-refractivity contribution < 1.29 is 19.1 Å². The van der Waals surface area contributed by atoms with Gasteiger partial charge in [-0.1, -0.05) is 6.07 Å². The van der Waals surface area contributed by atoms with Crippen molar-refractivity contribution in [2.75, 3.05) is 44.8 Å². The number of hydrogen-bond acceptors (Lipinski definition) is 5. The lowest BCUT2D eigenvalue weighted by atomic mass is 10.1. The number of amides is 1. The molecular weight excluding hydrogens is 344 g/mol. The molecule has 0 unspecified atom stereocenters. The van der Waals surface area contributed by atoms with Crippen molar-refractivity contribution in [3.63, 3.8) is 0 Å². The minimum Gasteiger partial charge on any atom is -0.497 e. The van der Waals surface area contributed by atoms with Gasteiger partial charge in [0.15, 0.2) is 6.61 Å². The summed E-state index contributed by atoms with van der Waals surface area (Å²) in [6.07, 6.45) is 0.873. The average molecular weight is 368 g/mol. The first-order chi connectivity index (χ1) is 13.1. The zero-order valence-electron chi connectivity index (χ0n) is 15.7. The van der Waals surface area contributed by atoms with E-state index in [-0.39, 0.29) is 12.5 Å². The number of carbonyl (C=O) groups excluding carboxylic acids is 2. The van der Waals surface area contributed by atoms with E-state index in [9.17, 15) is 9.59 Å². The molecule has 1 aliphatic heterocycles. The van der Waals surface area contributed by atoms with Gasteiger partial charge in [0.2, 0.25) is 0 Å². The zero-order chi connectivity index (χ0) is 19.2. The van der Waals surface area contributed by atoms with Crippen LogP contribution in [0.25, 0.3) is 0 Å². The third-order valence-electron chi connectivity index (χ3n) is 4.78. The molecule has 0 aliphatic carbocycles. The van der Waals surface area contributed by atoms with Crippen molar-refractivity contribution >= 4 is 17.9 Å². The second-order valence-electron chi connectivity index (χ2n) is 6.49. The van der Waals surface area contributed by atoms with E-state index >= 15 is 0 Å². The van der Waals surface area contributed by atoms with Gasteiger partial charge in [-0.3, -0.25) is 9.59 Å². The fraction of sp³-hybridized carbons (Fsp3) is 0.333. The van der Waals surface area contributed by atoms with E-state index < -0.39 is 0 Å². The second kappa shape index (κ2) is 8.58. The van der Waals surface area contributed by atoms with Crippen LogP contribution < -0.4 is 14.4 Å². The van der Waals surface area contributed by atoms with Gasteiger partial charge in [-0.25, -0.2) is 0 Å². The number of benzene rings is 2. The summed E-state index contributed by atoms with van der Waals surface area (Å²) in [4.78, 5) is 27.4. The highest BCUT2D eigenvalue weighted by atomic mass is 16.5. The lowest BCUT2D eigenvalue weighted by molar-refractivity contribution is -0.133. The number of hydrogen-bond donors (Lipinski definition) is 0. The number of rotatable bonds is 6. The lowest BCUT2D eigenvalue weighted by Crippen LogP contribution is -2.50. The van der Waals surface area contributed by atoms with E-state index in [0.717, 1.165) is 30.6 Å². The van der Waals surface area contributed by atoms with Crippen molar-refractivity contribution in [3.05, 3.63) is 53.6 Å². The number of aldehydes is 1. The molecule has 0 atom stereocenters. The number of ether oxygens (including phenoxy) is 2. The Morgan fingerprint density at radius 2 is 1.81 bits per heavy atom. The molecule has 0 radical (unpaired) electrons. The molecule has 27 heavy (non-hydrogen) atoms. The van der Waals surface area contributed by atoms with Crippen molar-refractivity contribution in [3.8, 4) is 11.5 Å². The van der Waals surface area contributed by atoms with E-state index in [1.807, 2.05) is 42.2 Å². The Hall–Kier alpha value is -3.02. The number of nitrogens with zero attached hydrogens (tertiary/aromatic N) is 2. The SMILES string of the molecule is COc1cccc(OCC(=O)N2CCN(c3ccc(C=O)c(C)c3)CC2)c1. The van der Waals surface area contributed by atoms with Gasteiger partial charge in [0.05, 0.1) is 7.11 Å². The molecule has 3 rings (SSSR count). The summed E-state index contributed by atoms with van der Waals surface area (Å²) in [6.45, 7) is 4.75. The summed E-state index contributed by atoms with van der Waals surface area (Å²) in [6, 6.07) is 13.0. The number of aryl methyl sites for hydroxylation is 1. The van der Waals surface area contributed by atoms with E-state index in [4.69, 9.17) is 9.47 Å². The maximum absolute atomic E-state index is 12.4. The summed E-state index contributed by atoms with van der Waals surface area (Å²) in [5, 5.41) is 0. The predicted octanol–water partition coefficient (Wildman–Crippen LogP) is 2.54. The summed E-state index contributed by atoms with van der Waals surface area (Å²) >= 11 is 0. The van der Waals surface area contributed by atoms with Crippen LogP contribution in [0.1, 0.15) is 15.9 Å². The van der Waals surface area contributed by atoms with Crippen LogP contribution in [0.4, 0.5) is 5.69 Å². The molecule has 1 aliphatic rings. The molecule has 6 heteroatoms. The molecule has 0 saturated carbocycles. The molecule has 2 aromatic carbocycles. The lowest BCUT2D eigenvalue weighted by Gasteiger charge is -2.36. The Morgan fingerprint density at radius 1 is 1.07 bits per heavy atom. The van der Waals surface area contributed by atoms with E-state index in [1.54, 1.807) is 19.2 Å². The van der Waals surface area contributed by atoms with Gasteiger partial charge in [0.1, 0.15) is 17.8 Å². The first kappa shape index (κ1) is 18.8. The van der Waals surface area contributed by atoms with Crippen LogP contribution in [0.2, 0.25) is 0 Å². The molecule has 0 bridgehead atoms. The highest BCUT2D eigenvalue weighted by Crippen LogP contribution is 2.21. The van der Waals surface area contributed by atoms with Crippen molar-refractivity contribution in [1.29, 1.82) is 0 Å². The molecule has 142 valence electrons. The minimum atomic E-state index is -0.0232. The van der Waals surface area contributed by atoms with Crippen LogP contribution in [0.3, 0.4) is 0 Å². The van der Waals surface area contributed by atoms with Gasteiger partial charge in [-0.15, -0.1) is 0 Å². The van der Waals surface area contributed by atoms with Gasteiger partial charge in [-0.05, 0) is 42.8 Å². The van der Waals surface area contributed by atoms with Gasteiger partial charge in [0.25, 0.3) is 5.91 Å². The van der Waals surface area contributed by atoms with Crippen LogP contribution >= 0.6 is 0 Å². The van der Waals surface area contributed by atoms with Crippen molar-refractivity contribution in [2.45, 2.75) is 6.92 Å². The molecule has 1 fully saturated rings. The quantitative estimate of drug-likeness (QED) is 0.734. The maximum atomic E-state index is 12.4. The molecule has 6 nitrogen and oxygen atoms in total. The predicted molar refractivity (Wildman–Crippen MR) is 104 cm³/mol. The molecule has 0 aromatic heterocycles. The largest absolute Gasteiger partial charge is 0.497 e. The van der Waals surface area contributed by atoms with Gasteiger partial charge in [0, 0.05) is 43.5 Å². The van der Waals surface area contributed by atoms with Gasteiger partial charge >= 0.3 is 0 Å². The highest BCUT2D eigenvalue weighted by molar-refractivity contribution is 5.79. The molecule has 1 heterocycles. The van der Waals surface area contributed by atoms with E-state index in [1.165, 1.54) is 0 Å². The van der Waals surface area contributed by atoms with Crippen molar-refractivity contribution in [1.82, 2.24) is 4.90 Å². The smallest absolute Gasteiger partial charge is 0.260 e. The Morgan fingerprint density at radius 3 is 2.48 bits per heavy atom. The number of carbonyl (C=O) groups is 2. The normalized spacial score (nSPS) is 14.0. The summed E-state index contributed by atoms with van der Waals surface area (Å²) in [5.74, 6) is 1.29. The third kappa shape index (κ3) is 4.58. The maximum Gasteiger partial charge on any atom is 0.260 e. The number of piperazine rings is 1. The van der Waals surface area contributed by atoms with Crippen LogP contribution in [0, 0.1) is 6.92 Å². The van der Waals surface area contributed by atoms with Crippen LogP contribution in [0.15, 0.2) is 42.5 Å². The average Bonchev–Trinajstić information content (AvgIpc) is 2.72. The number of anilines is 1. The Kier molecular flexibility index (Phi) is 5.96. The van der Waals surface area contributed by atoms with Crippen LogP contribution in [0.5, 0.6) is 11.5 Å². The first-order valence-electron chi connectivity index (χ1n) is 8.96. The fourth-order valence-corrected chi connectivity index (χ4v) is 3.13. The van der Waals surface area contributed by atoms with Crippen LogP contribution in [-0.2, 0) is 4.79 Å². The number of methoxy groups -OCH3 is 1. The third-order valence-corrected chi connectivity index (χ3v) is 4.78. The summed E-state index contributed by atoms with van der Waals surface area (Å²) in [7, 11) is 1.59. The standard InChI is InChI=1S/C21H24N2O4/c1-16-12-18(7-6-17(16)14-24)22-8-10-23(11-9-22)21(25)15-27-20-5-3-4-19(13-20)26-2/h3-7,12-14H,8-11,15H2,1-2H3. The van der Waals surface area contributed by atoms with Gasteiger partial charge in [-0.2, -0.15) is 0 Å². The highest BCUT2D eigenvalue weighted by Gasteiger charge is 2.22.